The van der Waals surface area contributed by atoms with Gasteiger partial charge in [0, 0.05) is 12.7 Å². The van der Waals surface area contributed by atoms with Gasteiger partial charge in [-0.15, -0.1) is 0 Å². The second kappa shape index (κ2) is 5.56. The molecule has 2 rings (SSSR count). The molecule has 96 valence electrons. The van der Waals surface area contributed by atoms with Gasteiger partial charge in [0.2, 0.25) is 5.91 Å². The Hall–Kier alpha value is -1.99. The maximum absolute atomic E-state index is 11.5. The monoisotopic (exact) mass is 250 g/mol. The van der Waals surface area contributed by atoms with Crippen LogP contribution in [0.3, 0.4) is 0 Å². The molecule has 7 nitrogen and oxygen atoms in total. The summed E-state index contributed by atoms with van der Waals surface area (Å²) in [6.07, 6.45) is 1.43. The van der Waals surface area contributed by atoms with Crippen LogP contribution in [0.15, 0.2) is 18.3 Å². The molecule has 3 N–H and O–H groups in total. The van der Waals surface area contributed by atoms with E-state index in [4.69, 9.17) is 10.6 Å². The Morgan fingerprint density at radius 1 is 1.56 bits per heavy atom. The first-order valence-electron chi connectivity index (χ1n) is 5.52. The molecule has 0 bridgehead atoms. The molecule has 0 radical (unpaired) electrons. The molecule has 1 saturated heterocycles. The lowest BCUT2D eigenvalue weighted by atomic mass is 10.2. The van der Waals surface area contributed by atoms with Crippen LogP contribution in [0.5, 0.6) is 0 Å². The number of carbonyl (C=O) groups excluding carboxylic acids is 2. The van der Waals surface area contributed by atoms with Gasteiger partial charge in [0.05, 0.1) is 24.4 Å². The Kier molecular flexibility index (Phi) is 3.85. The van der Waals surface area contributed by atoms with Gasteiger partial charge in [0.1, 0.15) is 6.61 Å². The zero-order valence-corrected chi connectivity index (χ0v) is 9.76. The molecule has 1 aromatic heterocycles. The lowest BCUT2D eigenvalue weighted by molar-refractivity contribution is -0.143. The standard InChI is InChI=1S/C11H14N4O3/c12-14-11(17)8-1-2-9(13-5-8)6-15-3-4-18-7-10(15)16/h1-2,5H,3-4,6-7,12H2,(H,14,17). The number of aromatic nitrogens is 1. The first-order chi connectivity index (χ1) is 8.70. The van der Waals surface area contributed by atoms with Gasteiger partial charge in [0.25, 0.3) is 5.91 Å². The molecule has 2 amide bonds. The van der Waals surface area contributed by atoms with Crippen molar-refractivity contribution in [2.45, 2.75) is 6.54 Å². The molecule has 0 unspecified atom stereocenters. The van der Waals surface area contributed by atoms with Gasteiger partial charge in [-0.2, -0.15) is 0 Å². The number of hydrogen-bond donors (Lipinski definition) is 2. The Morgan fingerprint density at radius 2 is 2.39 bits per heavy atom. The minimum absolute atomic E-state index is 0.0492. The van der Waals surface area contributed by atoms with E-state index in [-0.39, 0.29) is 12.5 Å². The van der Waals surface area contributed by atoms with Crippen molar-refractivity contribution in [1.29, 1.82) is 0 Å². The number of pyridine rings is 1. The summed E-state index contributed by atoms with van der Waals surface area (Å²) >= 11 is 0. The van der Waals surface area contributed by atoms with Crippen molar-refractivity contribution in [2.75, 3.05) is 19.8 Å². The zero-order chi connectivity index (χ0) is 13.0. The topological polar surface area (TPSA) is 97.5 Å². The molecular formula is C11H14N4O3. The molecule has 1 aliphatic rings. The molecule has 0 saturated carbocycles. The highest BCUT2D eigenvalue weighted by atomic mass is 16.5. The second-order valence-corrected chi connectivity index (χ2v) is 3.88. The van der Waals surface area contributed by atoms with Gasteiger partial charge in [-0.25, -0.2) is 5.84 Å². The average Bonchev–Trinajstić information content (AvgIpc) is 2.41. The average molecular weight is 250 g/mol. The van der Waals surface area contributed by atoms with E-state index in [0.29, 0.717) is 25.3 Å². The first-order valence-corrected chi connectivity index (χ1v) is 5.52. The van der Waals surface area contributed by atoms with Crippen LogP contribution in [0.25, 0.3) is 0 Å². The molecule has 0 atom stereocenters. The van der Waals surface area contributed by atoms with E-state index in [1.54, 1.807) is 17.0 Å². The van der Waals surface area contributed by atoms with E-state index < -0.39 is 5.91 Å². The van der Waals surface area contributed by atoms with E-state index in [2.05, 4.69) is 4.98 Å². The summed E-state index contributed by atoms with van der Waals surface area (Å²) in [6, 6.07) is 3.32. The number of rotatable bonds is 3. The number of nitrogens with one attached hydrogen (secondary N) is 1. The Morgan fingerprint density at radius 3 is 3.00 bits per heavy atom. The van der Waals surface area contributed by atoms with E-state index in [9.17, 15) is 9.59 Å². The summed E-state index contributed by atoms with van der Waals surface area (Å²) in [5, 5.41) is 0. The van der Waals surface area contributed by atoms with Gasteiger partial charge < -0.3 is 9.64 Å². The van der Waals surface area contributed by atoms with Crippen LogP contribution in [-0.2, 0) is 16.1 Å². The fourth-order valence-corrected chi connectivity index (χ4v) is 1.65. The van der Waals surface area contributed by atoms with Crippen LogP contribution in [0.2, 0.25) is 0 Å². The van der Waals surface area contributed by atoms with Crippen molar-refractivity contribution in [3.63, 3.8) is 0 Å². The number of amides is 2. The maximum Gasteiger partial charge on any atom is 0.266 e. The maximum atomic E-state index is 11.5. The summed E-state index contributed by atoms with van der Waals surface area (Å²) < 4.78 is 5.04. The van der Waals surface area contributed by atoms with Gasteiger partial charge >= 0.3 is 0 Å². The minimum atomic E-state index is -0.392. The van der Waals surface area contributed by atoms with Crippen molar-refractivity contribution in [3.8, 4) is 0 Å². The number of nitrogens with two attached hydrogens (primary N) is 1. The zero-order valence-electron chi connectivity index (χ0n) is 9.76. The molecule has 1 fully saturated rings. The molecular weight excluding hydrogens is 236 g/mol. The summed E-state index contributed by atoms with van der Waals surface area (Å²) in [6.45, 7) is 1.64. The lowest BCUT2D eigenvalue weighted by Crippen LogP contribution is -2.41. The Balaban J connectivity index is 2.01. The third-order valence-electron chi connectivity index (χ3n) is 2.65. The van der Waals surface area contributed by atoms with Crippen LogP contribution in [0, 0.1) is 0 Å². The smallest absolute Gasteiger partial charge is 0.266 e. The summed E-state index contributed by atoms with van der Waals surface area (Å²) in [4.78, 5) is 28.5. The number of nitrogen functional groups attached to an aromatic ring is 1. The van der Waals surface area contributed by atoms with Crippen LogP contribution >= 0.6 is 0 Å². The lowest BCUT2D eigenvalue weighted by Gasteiger charge is -2.26. The number of hydrazine groups is 1. The van der Waals surface area contributed by atoms with Crippen LogP contribution < -0.4 is 11.3 Å². The van der Waals surface area contributed by atoms with Crippen LogP contribution in [-0.4, -0.2) is 41.5 Å². The quantitative estimate of drug-likeness (QED) is 0.409. The highest BCUT2D eigenvalue weighted by Crippen LogP contribution is 2.07. The molecule has 1 aliphatic heterocycles. The fourth-order valence-electron chi connectivity index (χ4n) is 1.65. The largest absolute Gasteiger partial charge is 0.370 e. The molecule has 18 heavy (non-hydrogen) atoms. The van der Waals surface area contributed by atoms with E-state index >= 15 is 0 Å². The fraction of sp³-hybridized carbons (Fsp3) is 0.364. The van der Waals surface area contributed by atoms with Gasteiger partial charge in [-0.05, 0) is 12.1 Å². The molecule has 0 spiro atoms. The predicted octanol–water partition coefficient (Wildman–Crippen LogP) is -0.956. The number of nitrogens with zero attached hydrogens (tertiary/aromatic N) is 2. The molecule has 1 aromatic rings. The predicted molar refractivity (Wildman–Crippen MR) is 62.1 cm³/mol. The first kappa shape index (κ1) is 12.5. The van der Waals surface area contributed by atoms with E-state index in [1.807, 2.05) is 5.43 Å². The number of ether oxygens (including phenoxy) is 1. The van der Waals surface area contributed by atoms with Crippen LogP contribution in [0.1, 0.15) is 16.1 Å². The summed E-state index contributed by atoms with van der Waals surface area (Å²) in [7, 11) is 0. The third kappa shape index (κ3) is 2.82. The Labute approximate surface area is 104 Å². The highest BCUT2D eigenvalue weighted by Gasteiger charge is 2.19. The van der Waals surface area contributed by atoms with Crippen LogP contribution in [0.4, 0.5) is 0 Å². The minimum Gasteiger partial charge on any atom is -0.370 e. The summed E-state index contributed by atoms with van der Waals surface area (Å²) in [5.74, 6) is 4.57. The van der Waals surface area contributed by atoms with Crippen molar-refractivity contribution in [1.82, 2.24) is 15.3 Å². The van der Waals surface area contributed by atoms with Crippen molar-refractivity contribution in [2.24, 2.45) is 5.84 Å². The van der Waals surface area contributed by atoms with E-state index in [1.165, 1.54) is 6.20 Å². The van der Waals surface area contributed by atoms with Crippen molar-refractivity contribution < 1.29 is 14.3 Å². The molecule has 2 heterocycles. The number of morpholine rings is 1. The van der Waals surface area contributed by atoms with Gasteiger partial charge in [0.15, 0.2) is 0 Å². The Bertz CT molecular complexity index is 446. The number of carbonyl (C=O) groups is 2. The number of hydrogen-bond acceptors (Lipinski definition) is 5. The highest BCUT2D eigenvalue weighted by molar-refractivity contribution is 5.93. The SMILES string of the molecule is NNC(=O)c1ccc(CN2CCOCC2=O)nc1. The van der Waals surface area contributed by atoms with Gasteiger partial charge in [-0.1, -0.05) is 0 Å². The van der Waals surface area contributed by atoms with Crippen molar-refractivity contribution >= 4 is 11.8 Å². The summed E-state index contributed by atoms with van der Waals surface area (Å²) in [5.41, 5.74) is 3.13. The van der Waals surface area contributed by atoms with Crippen molar-refractivity contribution in [3.05, 3.63) is 29.6 Å². The van der Waals surface area contributed by atoms with E-state index in [0.717, 1.165) is 5.69 Å². The van der Waals surface area contributed by atoms with Gasteiger partial charge in [-0.3, -0.25) is 20.0 Å². The molecule has 0 aromatic carbocycles. The second-order valence-electron chi connectivity index (χ2n) is 3.88. The normalized spacial score (nSPS) is 15.6. The third-order valence-corrected chi connectivity index (χ3v) is 2.65. The molecule has 0 aliphatic carbocycles. The molecule has 7 heteroatoms.